The lowest BCUT2D eigenvalue weighted by Crippen LogP contribution is -1.99. The van der Waals surface area contributed by atoms with E-state index in [1.807, 2.05) is 44.3 Å². The predicted octanol–water partition coefficient (Wildman–Crippen LogP) is 5.59. The molecule has 23 heavy (non-hydrogen) atoms. The lowest BCUT2D eigenvalue weighted by atomic mass is 10.2. The number of hydrogen-bond acceptors (Lipinski definition) is 1. The Hall–Kier alpha value is -1.95. The van der Waals surface area contributed by atoms with Crippen LogP contribution in [0.25, 0.3) is 5.69 Å². The molecule has 3 rings (SSSR count). The first-order valence-corrected chi connectivity index (χ1v) is 8.37. The summed E-state index contributed by atoms with van der Waals surface area (Å²) < 4.78 is 16.4. The van der Waals surface area contributed by atoms with E-state index in [4.69, 9.17) is 0 Å². The van der Waals surface area contributed by atoms with Crippen molar-refractivity contribution in [2.24, 2.45) is 4.99 Å². The van der Waals surface area contributed by atoms with Gasteiger partial charge in [-0.3, -0.25) is 4.99 Å². The van der Waals surface area contributed by atoms with E-state index in [2.05, 4.69) is 38.2 Å². The van der Waals surface area contributed by atoms with Gasteiger partial charge in [0.2, 0.25) is 0 Å². The number of halogens is 2. The van der Waals surface area contributed by atoms with Gasteiger partial charge in [-0.2, -0.15) is 0 Å². The summed E-state index contributed by atoms with van der Waals surface area (Å²) in [7, 11) is 0. The molecule has 0 spiro atoms. The van der Waals surface area contributed by atoms with Gasteiger partial charge in [0.25, 0.3) is 0 Å². The lowest BCUT2D eigenvalue weighted by molar-refractivity contribution is 0.627. The summed E-state index contributed by atoms with van der Waals surface area (Å²) in [5.41, 5.74) is 5.12. The second kappa shape index (κ2) is 6.66. The molecule has 0 atom stereocenters. The molecule has 4 heteroatoms. The topological polar surface area (TPSA) is 17.3 Å². The van der Waals surface area contributed by atoms with Crippen molar-refractivity contribution < 1.29 is 4.39 Å². The summed E-state index contributed by atoms with van der Waals surface area (Å²) in [4.78, 5) is 4.54. The molecule has 0 radical (unpaired) electrons. The highest BCUT2D eigenvalue weighted by molar-refractivity contribution is 14.1. The first kappa shape index (κ1) is 15.9. The van der Waals surface area contributed by atoms with Gasteiger partial charge in [-0.25, -0.2) is 4.39 Å². The average Bonchev–Trinajstić information content (AvgIpc) is 2.82. The van der Waals surface area contributed by atoms with Crippen LogP contribution in [-0.2, 0) is 0 Å². The number of hydrogen-bond donors (Lipinski definition) is 0. The van der Waals surface area contributed by atoms with Crippen molar-refractivity contribution in [3.63, 3.8) is 0 Å². The molecule has 0 aliphatic carbocycles. The molecule has 2 aromatic carbocycles. The van der Waals surface area contributed by atoms with Crippen LogP contribution < -0.4 is 0 Å². The highest BCUT2D eigenvalue weighted by Crippen LogP contribution is 2.21. The van der Waals surface area contributed by atoms with E-state index in [0.717, 1.165) is 28.3 Å². The molecular formula is C19H16FIN2. The van der Waals surface area contributed by atoms with Crippen LogP contribution in [0.15, 0.2) is 59.6 Å². The van der Waals surface area contributed by atoms with E-state index in [0.29, 0.717) is 0 Å². The first-order chi connectivity index (χ1) is 11.0. The fourth-order valence-electron chi connectivity index (χ4n) is 2.58. The van der Waals surface area contributed by atoms with Crippen LogP contribution in [0.2, 0.25) is 0 Å². The zero-order chi connectivity index (χ0) is 16.4. The third-order valence-corrected chi connectivity index (χ3v) is 4.45. The standard InChI is InChI=1S/C19H16FIN2/c1-13-11-15(12-22-18-7-5-17(21)6-8-18)14(2)23(13)19-9-3-16(20)4-10-19/h3-12H,1-2H3. The lowest BCUT2D eigenvalue weighted by Gasteiger charge is -2.09. The Kier molecular flexibility index (Phi) is 4.61. The van der Waals surface area contributed by atoms with E-state index >= 15 is 0 Å². The molecule has 0 amide bonds. The molecule has 0 N–H and O–H groups in total. The number of aliphatic imine (C=N–C) groups is 1. The summed E-state index contributed by atoms with van der Waals surface area (Å²) >= 11 is 2.28. The molecule has 1 heterocycles. The number of rotatable bonds is 3. The van der Waals surface area contributed by atoms with Crippen molar-refractivity contribution in [1.29, 1.82) is 0 Å². The molecule has 3 aromatic rings. The van der Waals surface area contributed by atoms with Crippen molar-refractivity contribution in [1.82, 2.24) is 4.57 Å². The highest BCUT2D eigenvalue weighted by atomic mass is 127. The summed E-state index contributed by atoms with van der Waals surface area (Å²) in [6, 6.07) is 16.7. The van der Waals surface area contributed by atoms with Crippen molar-refractivity contribution in [3.8, 4) is 5.69 Å². The van der Waals surface area contributed by atoms with Crippen LogP contribution in [0.4, 0.5) is 10.1 Å². The smallest absolute Gasteiger partial charge is 0.123 e. The Morgan fingerprint density at radius 2 is 1.65 bits per heavy atom. The fraction of sp³-hybridized carbons (Fsp3) is 0.105. The quantitative estimate of drug-likeness (QED) is 0.390. The number of benzene rings is 2. The van der Waals surface area contributed by atoms with Crippen molar-refractivity contribution in [2.75, 3.05) is 0 Å². The SMILES string of the molecule is Cc1cc(C=Nc2ccc(I)cc2)c(C)n1-c1ccc(F)cc1. The summed E-state index contributed by atoms with van der Waals surface area (Å²) in [6.45, 7) is 4.09. The van der Waals surface area contributed by atoms with Crippen molar-refractivity contribution >= 4 is 34.5 Å². The normalized spacial score (nSPS) is 11.3. The molecule has 0 bridgehead atoms. The molecular weight excluding hydrogens is 402 g/mol. The average molecular weight is 418 g/mol. The van der Waals surface area contributed by atoms with Gasteiger partial charge in [0, 0.05) is 32.4 Å². The summed E-state index contributed by atoms with van der Waals surface area (Å²) in [6.07, 6.45) is 1.88. The van der Waals surface area contributed by atoms with Crippen LogP contribution in [0.3, 0.4) is 0 Å². The van der Waals surface area contributed by atoms with Crippen molar-refractivity contribution in [3.05, 3.63) is 80.9 Å². The Bertz CT molecular complexity index is 846. The van der Waals surface area contributed by atoms with Crippen LogP contribution in [0.1, 0.15) is 17.0 Å². The van der Waals surface area contributed by atoms with Gasteiger partial charge >= 0.3 is 0 Å². The minimum absolute atomic E-state index is 0.225. The Labute approximate surface area is 148 Å². The van der Waals surface area contributed by atoms with Crippen LogP contribution >= 0.6 is 22.6 Å². The van der Waals surface area contributed by atoms with Crippen LogP contribution in [-0.4, -0.2) is 10.8 Å². The zero-order valence-corrected chi connectivity index (χ0v) is 15.1. The second-order valence-electron chi connectivity index (χ2n) is 5.37. The second-order valence-corrected chi connectivity index (χ2v) is 6.62. The van der Waals surface area contributed by atoms with Gasteiger partial charge in [-0.15, -0.1) is 0 Å². The largest absolute Gasteiger partial charge is 0.318 e. The van der Waals surface area contributed by atoms with Gasteiger partial charge in [-0.1, -0.05) is 0 Å². The number of nitrogens with zero attached hydrogens (tertiary/aromatic N) is 2. The fourth-order valence-corrected chi connectivity index (χ4v) is 2.94. The van der Waals surface area contributed by atoms with Gasteiger partial charge in [0.05, 0.1) is 5.69 Å². The maximum absolute atomic E-state index is 13.1. The predicted molar refractivity (Wildman–Crippen MR) is 102 cm³/mol. The first-order valence-electron chi connectivity index (χ1n) is 7.29. The summed E-state index contributed by atoms with van der Waals surface area (Å²) in [5, 5.41) is 0. The third kappa shape index (κ3) is 3.52. The van der Waals surface area contributed by atoms with Crippen LogP contribution in [0, 0.1) is 23.2 Å². The third-order valence-electron chi connectivity index (χ3n) is 3.73. The summed E-state index contributed by atoms with van der Waals surface area (Å²) in [5.74, 6) is -0.225. The maximum atomic E-state index is 13.1. The Morgan fingerprint density at radius 3 is 2.30 bits per heavy atom. The molecule has 0 saturated heterocycles. The molecule has 116 valence electrons. The van der Waals surface area contributed by atoms with Gasteiger partial charge in [0.15, 0.2) is 0 Å². The minimum Gasteiger partial charge on any atom is -0.318 e. The van der Waals surface area contributed by atoms with Crippen molar-refractivity contribution in [2.45, 2.75) is 13.8 Å². The maximum Gasteiger partial charge on any atom is 0.123 e. The van der Waals surface area contributed by atoms with Gasteiger partial charge in [-0.05, 0) is 91.0 Å². The molecule has 0 saturated carbocycles. The molecule has 2 nitrogen and oxygen atoms in total. The molecule has 0 fully saturated rings. The monoisotopic (exact) mass is 418 g/mol. The molecule has 0 aliphatic heterocycles. The van der Waals surface area contributed by atoms with E-state index in [1.165, 1.54) is 15.7 Å². The Balaban J connectivity index is 1.94. The van der Waals surface area contributed by atoms with E-state index in [1.54, 1.807) is 12.1 Å². The van der Waals surface area contributed by atoms with E-state index in [9.17, 15) is 4.39 Å². The number of aryl methyl sites for hydroxylation is 1. The Morgan fingerprint density at radius 1 is 1.00 bits per heavy atom. The minimum atomic E-state index is -0.225. The van der Waals surface area contributed by atoms with E-state index < -0.39 is 0 Å². The van der Waals surface area contributed by atoms with Crippen LogP contribution in [0.5, 0.6) is 0 Å². The van der Waals surface area contributed by atoms with Gasteiger partial charge in [0.1, 0.15) is 5.82 Å². The van der Waals surface area contributed by atoms with E-state index in [-0.39, 0.29) is 5.82 Å². The zero-order valence-electron chi connectivity index (χ0n) is 12.9. The highest BCUT2D eigenvalue weighted by Gasteiger charge is 2.09. The molecule has 0 aliphatic rings. The number of aromatic nitrogens is 1. The molecule has 1 aromatic heterocycles. The van der Waals surface area contributed by atoms with Gasteiger partial charge < -0.3 is 4.57 Å². The molecule has 0 unspecified atom stereocenters.